The van der Waals surface area contributed by atoms with Crippen LogP contribution in [0.5, 0.6) is 0 Å². The highest BCUT2D eigenvalue weighted by Gasteiger charge is 2.30. The zero-order chi connectivity index (χ0) is 20.9. The first kappa shape index (κ1) is 20.5. The third kappa shape index (κ3) is 3.96. The van der Waals surface area contributed by atoms with Gasteiger partial charge in [-0.2, -0.15) is 0 Å². The summed E-state index contributed by atoms with van der Waals surface area (Å²) in [6.45, 7) is 6.87. The Morgan fingerprint density at radius 2 is 2.03 bits per heavy atom. The normalized spacial score (nSPS) is 16.7. The van der Waals surface area contributed by atoms with Gasteiger partial charge in [-0.1, -0.05) is 44.0 Å². The van der Waals surface area contributed by atoms with Gasteiger partial charge < -0.3 is 11.1 Å². The van der Waals surface area contributed by atoms with Gasteiger partial charge in [0.25, 0.3) is 5.91 Å². The van der Waals surface area contributed by atoms with Crippen LogP contribution in [-0.4, -0.2) is 10.9 Å². The van der Waals surface area contributed by atoms with Gasteiger partial charge in [-0.3, -0.25) is 4.79 Å². The lowest BCUT2D eigenvalue weighted by Crippen LogP contribution is -2.27. The van der Waals surface area contributed by atoms with E-state index in [4.69, 9.17) is 33.9 Å². The maximum absolute atomic E-state index is 12.8. The molecule has 4 nitrogen and oxygen atoms in total. The average molecular weight is 448 g/mol. The summed E-state index contributed by atoms with van der Waals surface area (Å²) >= 11 is 13.4. The highest BCUT2D eigenvalue weighted by Crippen LogP contribution is 2.40. The van der Waals surface area contributed by atoms with Crippen LogP contribution in [0.15, 0.2) is 24.3 Å². The fraction of sp³-hybridized carbons (Fsp3) is 0.364. The Bertz CT molecular complexity index is 1120. The van der Waals surface area contributed by atoms with Gasteiger partial charge in [-0.15, -0.1) is 11.3 Å². The van der Waals surface area contributed by atoms with Crippen LogP contribution in [0.2, 0.25) is 10.0 Å². The minimum absolute atomic E-state index is 0.260. The number of aryl methyl sites for hydroxylation is 1. The van der Waals surface area contributed by atoms with Crippen LogP contribution in [-0.2, 0) is 12.8 Å². The SMILES string of the molecule is CC(C)(C)C1CCc2nc3sc(C(=O)Nc4ccc(Cl)cc4Cl)c(N)c3cc2C1. The highest BCUT2D eigenvalue weighted by molar-refractivity contribution is 7.21. The van der Waals surface area contributed by atoms with E-state index in [1.807, 2.05) is 0 Å². The summed E-state index contributed by atoms with van der Waals surface area (Å²) in [5, 5.41) is 4.58. The molecule has 1 amide bonds. The van der Waals surface area contributed by atoms with Gasteiger partial charge in [0.2, 0.25) is 0 Å². The van der Waals surface area contributed by atoms with Crippen LogP contribution >= 0.6 is 34.5 Å². The number of rotatable bonds is 2. The van der Waals surface area contributed by atoms with Gasteiger partial charge in [0, 0.05) is 16.1 Å². The number of nitrogens with zero attached hydrogens (tertiary/aromatic N) is 1. The molecule has 0 saturated heterocycles. The first-order valence-corrected chi connectivity index (χ1v) is 11.2. The van der Waals surface area contributed by atoms with E-state index in [2.05, 4.69) is 32.2 Å². The van der Waals surface area contributed by atoms with E-state index in [0.29, 0.717) is 32.2 Å². The number of carbonyl (C=O) groups is 1. The molecule has 2 aromatic heterocycles. The van der Waals surface area contributed by atoms with E-state index in [1.54, 1.807) is 18.2 Å². The first-order chi connectivity index (χ1) is 13.6. The number of benzene rings is 1. The Balaban J connectivity index is 1.67. The molecule has 3 aromatic rings. The Kier molecular flexibility index (Phi) is 5.26. The summed E-state index contributed by atoms with van der Waals surface area (Å²) in [4.78, 5) is 19.0. The number of nitrogen functional groups attached to an aromatic ring is 1. The standard InChI is InChI=1S/C22H23Cl2N3OS/c1-22(2,3)12-4-6-16-11(8-12)9-14-18(25)19(29-21(14)27-16)20(28)26-17-7-5-13(23)10-15(17)24/h5,7,9-10,12H,4,6,8,25H2,1-3H3,(H,26,28). The number of carbonyl (C=O) groups excluding carboxylic acids is 1. The molecule has 2 heterocycles. The molecule has 0 fully saturated rings. The monoisotopic (exact) mass is 447 g/mol. The number of anilines is 2. The van der Waals surface area contributed by atoms with Gasteiger partial charge in [0.05, 0.1) is 16.4 Å². The number of hydrogen-bond acceptors (Lipinski definition) is 4. The summed E-state index contributed by atoms with van der Waals surface area (Å²) in [5.41, 5.74) is 9.98. The van der Waals surface area contributed by atoms with Crippen molar-refractivity contribution in [3.8, 4) is 0 Å². The minimum atomic E-state index is -0.291. The van der Waals surface area contributed by atoms with Crippen molar-refractivity contribution in [2.24, 2.45) is 11.3 Å². The third-order valence-corrected chi connectivity index (χ3v) is 7.36. The van der Waals surface area contributed by atoms with Crippen LogP contribution in [0.4, 0.5) is 11.4 Å². The van der Waals surface area contributed by atoms with E-state index in [0.717, 1.165) is 35.2 Å². The highest BCUT2D eigenvalue weighted by atomic mass is 35.5. The van der Waals surface area contributed by atoms with E-state index >= 15 is 0 Å². The lowest BCUT2D eigenvalue weighted by molar-refractivity contribution is 0.103. The molecule has 4 rings (SSSR count). The van der Waals surface area contributed by atoms with Gasteiger partial charge in [0.15, 0.2) is 0 Å². The number of nitrogens with one attached hydrogen (secondary N) is 1. The van der Waals surface area contributed by atoms with Crippen molar-refractivity contribution in [2.75, 3.05) is 11.1 Å². The molecular weight excluding hydrogens is 425 g/mol. The molecule has 29 heavy (non-hydrogen) atoms. The number of hydrogen-bond donors (Lipinski definition) is 2. The number of thiophene rings is 1. The molecule has 1 atom stereocenters. The van der Waals surface area contributed by atoms with Crippen LogP contribution in [0.3, 0.4) is 0 Å². The zero-order valence-electron chi connectivity index (χ0n) is 16.6. The molecule has 3 N–H and O–H groups in total. The second-order valence-electron chi connectivity index (χ2n) is 8.68. The summed E-state index contributed by atoms with van der Waals surface area (Å²) in [7, 11) is 0. The maximum Gasteiger partial charge on any atom is 0.267 e. The smallest absolute Gasteiger partial charge is 0.267 e. The second-order valence-corrected chi connectivity index (χ2v) is 10.5. The van der Waals surface area contributed by atoms with E-state index in [9.17, 15) is 4.79 Å². The van der Waals surface area contributed by atoms with Crippen molar-refractivity contribution >= 4 is 62.0 Å². The minimum Gasteiger partial charge on any atom is -0.397 e. The maximum atomic E-state index is 12.8. The Labute approximate surface area is 184 Å². The number of fused-ring (bicyclic) bond motifs is 2. The first-order valence-electron chi connectivity index (χ1n) is 9.60. The quantitative estimate of drug-likeness (QED) is 0.465. The average Bonchev–Trinajstić information content (AvgIpc) is 2.97. The van der Waals surface area contributed by atoms with Crippen molar-refractivity contribution in [2.45, 2.75) is 40.0 Å². The van der Waals surface area contributed by atoms with E-state index < -0.39 is 0 Å². The number of pyridine rings is 1. The van der Waals surface area contributed by atoms with Gasteiger partial charge >= 0.3 is 0 Å². The predicted molar refractivity (Wildman–Crippen MR) is 123 cm³/mol. The molecule has 1 aliphatic rings. The molecule has 1 aliphatic carbocycles. The summed E-state index contributed by atoms with van der Waals surface area (Å²) in [6.07, 6.45) is 3.10. The summed E-state index contributed by atoms with van der Waals surface area (Å²) in [6, 6.07) is 7.08. The van der Waals surface area contributed by atoms with Crippen molar-refractivity contribution in [3.63, 3.8) is 0 Å². The van der Waals surface area contributed by atoms with Crippen molar-refractivity contribution in [1.29, 1.82) is 0 Å². The van der Waals surface area contributed by atoms with Crippen LogP contribution in [0.1, 0.15) is 48.1 Å². The van der Waals surface area contributed by atoms with Crippen LogP contribution in [0, 0.1) is 11.3 Å². The molecule has 0 saturated carbocycles. The fourth-order valence-electron chi connectivity index (χ4n) is 3.87. The molecule has 1 aromatic carbocycles. The van der Waals surface area contributed by atoms with Crippen molar-refractivity contribution < 1.29 is 4.79 Å². The molecule has 0 aliphatic heterocycles. The molecule has 7 heteroatoms. The Morgan fingerprint density at radius 3 is 2.72 bits per heavy atom. The van der Waals surface area contributed by atoms with E-state index in [1.165, 1.54) is 16.9 Å². The lowest BCUT2D eigenvalue weighted by Gasteiger charge is -2.34. The van der Waals surface area contributed by atoms with E-state index in [-0.39, 0.29) is 11.3 Å². The zero-order valence-corrected chi connectivity index (χ0v) is 18.9. The molecule has 0 spiro atoms. The number of amides is 1. The molecule has 0 radical (unpaired) electrons. The van der Waals surface area contributed by atoms with Gasteiger partial charge in [-0.25, -0.2) is 4.98 Å². The molecule has 0 bridgehead atoms. The lowest BCUT2D eigenvalue weighted by atomic mass is 9.71. The Morgan fingerprint density at radius 1 is 1.28 bits per heavy atom. The number of aromatic nitrogens is 1. The number of halogens is 2. The van der Waals surface area contributed by atoms with Crippen LogP contribution < -0.4 is 11.1 Å². The fourth-order valence-corrected chi connectivity index (χ4v) is 5.32. The largest absolute Gasteiger partial charge is 0.397 e. The van der Waals surface area contributed by atoms with Gasteiger partial charge in [-0.05, 0) is 60.4 Å². The van der Waals surface area contributed by atoms with Gasteiger partial charge in [0.1, 0.15) is 9.71 Å². The second kappa shape index (κ2) is 7.46. The number of nitrogens with two attached hydrogens (primary N) is 1. The Hall–Kier alpha value is -1.82. The predicted octanol–water partition coefficient (Wildman–Crippen LogP) is 6.59. The molecule has 152 valence electrons. The van der Waals surface area contributed by atoms with Crippen molar-refractivity contribution in [1.82, 2.24) is 4.98 Å². The molecule has 1 unspecified atom stereocenters. The van der Waals surface area contributed by atoms with Crippen LogP contribution in [0.25, 0.3) is 10.2 Å². The molecular formula is C22H23Cl2N3OS. The summed E-state index contributed by atoms with van der Waals surface area (Å²) < 4.78 is 0. The topological polar surface area (TPSA) is 68.0 Å². The summed E-state index contributed by atoms with van der Waals surface area (Å²) in [5.74, 6) is 0.323. The third-order valence-electron chi connectivity index (χ3n) is 5.70. The van der Waals surface area contributed by atoms with Crippen molar-refractivity contribution in [3.05, 3.63) is 50.4 Å².